The Morgan fingerprint density at radius 2 is 2.00 bits per heavy atom. The molecule has 18 heavy (non-hydrogen) atoms. The van der Waals surface area contributed by atoms with Crippen LogP contribution < -0.4 is 5.73 Å². The highest BCUT2D eigenvalue weighted by Gasteiger charge is 2.07. The fourth-order valence-electron chi connectivity index (χ4n) is 1.97. The third-order valence-corrected chi connectivity index (χ3v) is 3.05. The van der Waals surface area contributed by atoms with Crippen molar-refractivity contribution >= 4 is 0 Å². The van der Waals surface area contributed by atoms with Gasteiger partial charge in [-0.25, -0.2) is 0 Å². The van der Waals surface area contributed by atoms with Gasteiger partial charge < -0.3 is 5.73 Å². The van der Waals surface area contributed by atoms with Crippen LogP contribution in [0.5, 0.6) is 0 Å². The van der Waals surface area contributed by atoms with Crippen molar-refractivity contribution in [3.8, 4) is 0 Å². The molecule has 96 valence electrons. The Balaban J connectivity index is 1.81. The van der Waals surface area contributed by atoms with Crippen LogP contribution in [0.4, 0.5) is 0 Å². The Kier molecular flexibility index (Phi) is 4.10. The third kappa shape index (κ3) is 3.67. The molecule has 2 N–H and O–H groups in total. The van der Waals surface area contributed by atoms with Gasteiger partial charge in [0.2, 0.25) is 0 Å². The summed E-state index contributed by atoms with van der Waals surface area (Å²) in [5.41, 5.74) is 9.72. The minimum Gasteiger partial charge on any atom is -0.327 e. The van der Waals surface area contributed by atoms with Crippen molar-refractivity contribution in [2.75, 3.05) is 0 Å². The van der Waals surface area contributed by atoms with E-state index in [-0.39, 0.29) is 6.04 Å². The van der Waals surface area contributed by atoms with Gasteiger partial charge in [-0.1, -0.05) is 35.0 Å². The summed E-state index contributed by atoms with van der Waals surface area (Å²) in [6.45, 7) is 2.10. The van der Waals surface area contributed by atoms with Crippen LogP contribution in [0.2, 0.25) is 0 Å². The van der Waals surface area contributed by atoms with Crippen LogP contribution in [0.1, 0.15) is 23.2 Å². The van der Waals surface area contributed by atoms with Crippen molar-refractivity contribution < 1.29 is 0 Å². The van der Waals surface area contributed by atoms with Crippen LogP contribution in [0.25, 0.3) is 0 Å². The lowest BCUT2D eigenvalue weighted by Gasteiger charge is -2.09. The van der Waals surface area contributed by atoms with Gasteiger partial charge >= 0.3 is 0 Å². The van der Waals surface area contributed by atoms with E-state index in [0.717, 1.165) is 25.0 Å². The first-order valence-corrected chi connectivity index (χ1v) is 6.30. The number of hydrogen-bond donors (Lipinski definition) is 1. The first-order chi connectivity index (χ1) is 8.63. The van der Waals surface area contributed by atoms with E-state index >= 15 is 0 Å². The van der Waals surface area contributed by atoms with Crippen LogP contribution in [0.3, 0.4) is 0 Å². The standard InChI is InChI=1S/C14H20N4/c1-11-3-5-12(6-4-11)7-8-13(15)9-14-10-18(2)17-16-14/h3-6,10,13H,7-9,15H2,1-2H3. The highest BCUT2D eigenvalue weighted by molar-refractivity contribution is 5.21. The number of aryl methyl sites for hydroxylation is 3. The monoisotopic (exact) mass is 244 g/mol. The molecular weight excluding hydrogens is 224 g/mol. The maximum Gasteiger partial charge on any atom is 0.0842 e. The molecule has 0 bridgehead atoms. The smallest absolute Gasteiger partial charge is 0.0842 e. The highest BCUT2D eigenvalue weighted by Crippen LogP contribution is 2.08. The van der Waals surface area contributed by atoms with E-state index in [1.807, 2.05) is 13.2 Å². The maximum absolute atomic E-state index is 6.12. The summed E-state index contributed by atoms with van der Waals surface area (Å²) in [4.78, 5) is 0. The largest absolute Gasteiger partial charge is 0.327 e. The molecule has 2 aromatic rings. The molecule has 0 saturated heterocycles. The minimum atomic E-state index is 0.142. The van der Waals surface area contributed by atoms with Crippen molar-refractivity contribution in [3.63, 3.8) is 0 Å². The summed E-state index contributed by atoms with van der Waals surface area (Å²) in [5.74, 6) is 0. The van der Waals surface area contributed by atoms with Crippen molar-refractivity contribution in [1.29, 1.82) is 0 Å². The topological polar surface area (TPSA) is 56.7 Å². The normalized spacial score (nSPS) is 12.6. The van der Waals surface area contributed by atoms with E-state index in [1.54, 1.807) is 4.68 Å². The van der Waals surface area contributed by atoms with E-state index < -0.39 is 0 Å². The van der Waals surface area contributed by atoms with Crippen molar-refractivity contribution in [1.82, 2.24) is 15.0 Å². The fraction of sp³-hybridized carbons (Fsp3) is 0.429. The molecule has 0 radical (unpaired) electrons. The van der Waals surface area contributed by atoms with Gasteiger partial charge in [0.05, 0.1) is 5.69 Å². The Labute approximate surface area is 108 Å². The summed E-state index contributed by atoms with van der Waals surface area (Å²) in [6.07, 6.45) is 4.70. The van der Waals surface area contributed by atoms with Crippen molar-refractivity contribution in [3.05, 3.63) is 47.3 Å². The van der Waals surface area contributed by atoms with Crippen LogP contribution in [0, 0.1) is 6.92 Å². The Morgan fingerprint density at radius 3 is 2.61 bits per heavy atom. The number of hydrogen-bond acceptors (Lipinski definition) is 3. The molecule has 0 aliphatic rings. The lowest BCUT2D eigenvalue weighted by Crippen LogP contribution is -2.23. The molecular formula is C14H20N4. The van der Waals surface area contributed by atoms with Crippen LogP contribution in [0.15, 0.2) is 30.5 Å². The minimum absolute atomic E-state index is 0.142. The molecule has 1 aromatic carbocycles. The van der Waals surface area contributed by atoms with E-state index in [0.29, 0.717) is 0 Å². The maximum atomic E-state index is 6.12. The molecule has 4 heteroatoms. The fourth-order valence-corrected chi connectivity index (χ4v) is 1.97. The summed E-state index contributed by atoms with van der Waals surface area (Å²) >= 11 is 0. The lowest BCUT2D eigenvalue weighted by molar-refractivity contribution is 0.601. The van der Waals surface area contributed by atoms with Crippen LogP contribution >= 0.6 is 0 Å². The zero-order valence-electron chi connectivity index (χ0n) is 11.0. The third-order valence-electron chi connectivity index (χ3n) is 3.05. The second-order valence-corrected chi connectivity index (χ2v) is 4.87. The SMILES string of the molecule is Cc1ccc(CCC(N)Cc2cn(C)nn2)cc1. The lowest BCUT2D eigenvalue weighted by atomic mass is 10.0. The van der Waals surface area contributed by atoms with E-state index in [2.05, 4.69) is 41.5 Å². The van der Waals surface area contributed by atoms with Gasteiger partial charge in [0.1, 0.15) is 0 Å². The highest BCUT2D eigenvalue weighted by atomic mass is 15.4. The van der Waals surface area contributed by atoms with Gasteiger partial charge in [-0.05, 0) is 25.3 Å². The number of benzene rings is 1. The molecule has 0 aliphatic carbocycles. The molecule has 0 amide bonds. The molecule has 2 rings (SSSR count). The number of rotatable bonds is 5. The van der Waals surface area contributed by atoms with E-state index in [9.17, 15) is 0 Å². The quantitative estimate of drug-likeness (QED) is 0.869. The Bertz CT molecular complexity index is 487. The van der Waals surface area contributed by atoms with Gasteiger partial charge in [0.15, 0.2) is 0 Å². The van der Waals surface area contributed by atoms with E-state index in [1.165, 1.54) is 11.1 Å². The average Bonchev–Trinajstić information content (AvgIpc) is 2.74. The van der Waals surface area contributed by atoms with Crippen LogP contribution in [-0.4, -0.2) is 21.0 Å². The summed E-state index contributed by atoms with van der Waals surface area (Å²) in [5, 5.41) is 7.96. The van der Waals surface area contributed by atoms with Gasteiger partial charge in [-0.2, -0.15) is 0 Å². The summed E-state index contributed by atoms with van der Waals surface area (Å²) < 4.78 is 1.71. The van der Waals surface area contributed by atoms with Gasteiger partial charge in [-0.15, -0.1) is 5.10 Å². The molecule has 1 heterocycles. The second kappa shape index (κ2) is 5.78. The molecule has 0 aliphatic heterocycles. The van der Waals surface area contributed by atoms with Gasteiger partial charge in [0, 0.05) is 25.7 Å². The number of nitrogens with two attached hydrogens (primary N) is 1. The Hall–Kier alpha value is -1.68. The average molecular weight is 244 g/mol. The summed E-state index contributed by atoms with van der Waals surface area (Å²) in [6, 6.07) is 8.77. The van der Waals surface area contributed by atoms with Gasteiger partial charge in [0.25, 0.3) is 0 Å². The molecule has 0 saturated carbocycles. The number of aromatic nitrogens is 3. The van der Waals surface area contributed by atoms with Crippen molar-refractivity contribution in [2.24, 2.45) is 12.8 Å². The predicted molar refractivity (Wildman–Crippen MR) is 72.2 cm³/mol. The van der Waals surface area contributed by atoms with E-state index in [4.69, 9.17) is 5.73 Å². The van der Waals surface area contributed by atoms with Gasteiger partial charge in [-0.3, -0.25) is 4.68 Å². The summed E-state index contributed by atoms with van der Waals surface area (Å²) in [7, 11) is 1.87. The Morgan fingerprint density at radius 1 is 1.28 bits per heavy atom. The molecule has 1 atom stereocenters. The predicted octanol–water partition coefficient (Wildman–Crippen LogP) is 1.63. The molecule has 4 nitrogen and oxygen atoms in total. The first kappa shape index (κ1) is 12.8. The van der Waals surface area contributed by atoms with Crippen LogP contribution in [-0.2, 0) is 19.9 Å². The number of nitrogens with zero attached hydrogens (tertiary/aromatic N) is 3. The zero-order chi connectivity index (χ0) is 13.0. The first-order valence-electron chi connectivity index (χ1n) is 6.30. The zero-order valence-corrected chi connectivity index (χ0v) is 11.0. The molecule has 1 aromatic heterocycles. The second-order valence-electron chi connectivity index (χ2n) is 4.87. The molecule has 0 spiro atoms. The van der Waals surface area contributed by atoms with Crippen molar-refractivity contribution in [2.45, 2.75) is 32.2 Å². The molecule has 0 fully saturated rings. The molecule has 1 unspecified atom stereocenters.